The molecule has 1 aliphatic heterocycles. The molecule has 0 bridgehead atoms. The van der Waals surface area contributed by atoms with Crippen LogP contribution in [0.25, 0.3) is 0 Å². The van der Waals surface area contributed by atoms with E-state index in [9.17, 15) is 0 Å². The summed E-state index contributed by atoms with van der Waals surface area (Å²) < 4.78 is 5.90. The molecule has 4 heteroatoms. The molecule has 0 unspecified atom stereocenters. The molecule has 2 rings (SSSR count). The molecule has 118 valence electrons. The zero-order valence-corrected chi connectivity index (χ0v) is 13.5. The zero-order chi connectivity index (χ0) is 14.9. The average molecular weight is 291 g/mol. The van der Waals surface area contributed by atoms with E-state index in [-0.39, 0.29) is 0 Å². The van der Waals surface area contributed by atoms with E-state index in [4.69, 9.17) is 4.74 Å². The Morgan fingerprint density at radius 3 is 2.86 bits per heavy atom. The minimum atomic E-state index is 0.658. The van der Waals surface area contributed by atoms with Crippen LogP contribution in [0.5, 0.6) is 5.88 Å². The van der Waals surface area contributed by atoms with Gasteiger partial charge in [-0.05, 0) is 44.5 Å². The Bertz CT molecular complexity index is 403. The number of nitrogens with one attached hydrogen (secondary N) is 1. The SMILES string of the molecule is CC(C)CNCc1cccnc1OCCN1CCCCC1. The Hall–Kier alpha value is -1.13. The van der Waals surface area contributed by atoms with Crippen molar-refractivity contribution >= 4 is 0 Å². The molecule has 0 radical (unpaired) electrons. The summed E-state index contributed by atoms with van der Waals surface area (Å²) >= 11 is 0. The van der Waals surface area contributed by atoms with Crippen molar-refractivity contribution in [2.24, 2.45) is 5.92 Å². The van der Waals surface area contributed by atoms with Crippen molar-refractivity contribution in [1.82, 2.24) is 15.2 Å². The van der Waals surface area contributed by atoms with Crippen molar-refractivity contribution in [2.45, 2.75) is 39.7 Å². The molecule has 1 aromatic rings. The first-order valence-corrected chi connectivity index (χ1v) is 8.25. The Balaban J connectivity index is 1.76. The first kappa shape index (κ1) is 16.2. The second-order valence-electron chi connectivity index (χ2n) is 6.24. The third-order valence-corrected chi connectivity index (χ3v) is 3.81. The molecule has 2 heterocycles. The van der Waals surface area contributed by atoms with E-state index in [0.717, 1.165) is 37.7 Å². The predicted octanol–water partition coefficient (Wildman–Crippen LogP) is 2.69. The minimum absolute atomic E-state index is 0.658. The maximum atomic E-state index is 5.90. The molecule has 1 N–H and O–H groups in total. The van der Waals surface area contributed by atoms with E-state index < -0.39 is 0 Å². The highest BCUT2D eigenvalue weighted by molar-refractivity contribution is 5.25. The van der Waals surface area contributed by atoms with Crippen molar-refractivity contribution in [3.63, 3.8) is 0 Å². The highest BCUT2D eigenvalue weighted by Gasteiger charge is 2.10. The first-order valence-electron chi connectivity index (χ1n) is 8.25. The fraction of sp³-hybridized carbons (Fsp3) is 0.706. The summed E-state index contributed by atoms with van der Waals surface area (Å²) in [5.41, 5.74) is 1.15. The highest BCUT2D eigenvalue weighted by atomic mass is 16.5. The second kappa shape index (κ2) is 9.00. The molecule has 1 aliphatic rings. The van der Waals surface area contributed by atoms with Crippen LogP contribution in [0, 0.1) is 5.92 Å². The lowest BCUT2D eigenvalue weighted by molar-refractivity contribution is 0.179. The van der Waals surface area contributed by atoms with E-state index in [0.29, 0.717) is 5.92 Å². The average Bonchev–Trinajstić information content (AvgIpc) is 2.49. The third kappa shape index (κ3) is 6.02. The van der Waals surface area contributed by atoms with Gasteiger partial charge in [-0.2, -0.15) is 0 Å². The van der Waals surface area contributed by atoms with Crippen LogP contribution in [-0.2, 0) is 6.54 Å². The molecule has 0 saturated carbocycles. The summed E-state index contributed by atoms with van der Waals surface area (Å²) in [5.74, 6) is 1.44. The van der Waals surface area contributed by atoms with Crippen LogP contribution in [-0.4, -0.2) is 42.7 Å². The summed E-state index contributed by atoms with van der Waals surface area (Å²) in [6, 6.07) is 4.07. The Morgan fingerprint density at radius 1 is 1.29 bits per heavy atom. The fourth-order valence-corrected chi connectivity index (χ4v) is 2.64. The van der Waals surface area contributed by atoms with Gasteiger partial charge < -0.3 is 10.1 Å². The van der Waals surface area contributed by atoms with E-state index >= 15 is 0 Å². The maximum absolute atomic E-state index is 5.90. The lowest BCUT2D eigenvalue weighted by Crippen LogP contribution is -2.33. The van der Waals surface area contributed by atoms with E-state index in [2.05, 4.69) is 35.1 Å². The molecule has 21 heavy (non-hydrogen) atoms. The smallest absolute Gasteiger partial charge is 0.217 e. The van der Waals surface area contributed by atoms with Gasteiger partial charge in [0.2, 0.25) is 5.88 Å². The molecule has 0 atom stereocenters. The van der Waals surface area contributed by atoms with Gasteiger partial charge in [-0.1, -0.05) is 26.3 Å². The molecule has 1 saturated heterocycles. The molecular formula is C17H29N3O. The number of likely N-dealkylation sites (tertiary alicyclic amines) is 1. The fourth-order valence-electron chi connectivity index (χ4n) is 2.64. The summed E-state index contributed by atoms with van der Waals surface area (Å²) in [6.45, 7) is 10.4. The Kier molecular flexibility index (Phi) is 6.96. The molecule has 0 aliphatic carbocycles. The maximum Gasteiger partial charge on any atom is 0.217 e. The zero-order valence-electron chi connectivity index (χ0n) is 13.5. The van der Waals surface area contributed by atoms with Crippen LogP contribution in [0.15, 0.2) is 18.3 Å². The van der Waals surface area contributed by atoms with Crippen LogP contribution in [0.4, 0.5) is 0 Å². The van der Waals surface area contributed by atoms with Crippen LogP contribution in [0.3, 0.4) is 0 Å². The molecule has 0 spiro atoms. The Labute approximate surface area is 128 Å². The largest absolute Gasteiger partial charge is 0.476 e. The number of aromatic nitrogens is 1. The summed E-state index contributed by atoms with van der Waals surface area (Å²) in [7, 11) is 0. The molecule has 1 aromatic heterocycles. The molecule has 0 aromatic carbocycles. The predicted molar refractivity (Wildman–Crippen MR) is 86.6 cm³/mol. The topological polar surface area (TPSA) is 37.4 Å². The van der Waals surface area contributed by atoms with Crippen LogP contribution in [0.1, 0.15) is 38.7 Å². The Morgan fingerprint density at radius 2 is 2.10 bits per heavy atom. The summed E-state index contributed by atoms with van der Waals surface area (Å²) in [4.78, 5) is 6.87. The van der Waals surface area contributed by atoms with Crippen LogP contribution >= 0.6 is 0 Å². The summed E-state index contributed by atoms with van der Waals surface area (Å²) in [5, 5.41) is 3.45. The van der Waals surface area contributed by atoms with Gasteiger partial charge in [-0.25, -0.2) is 4.98 Å². The van der Waals surface area contributed by atoms with Crippen molar-refractivity contribution < 1.29 is 4.74 Å². The summed E-state index contributed by atoms with van der Waals surface area (Å²) in [6.07, 6.45) is 5.84. The van der Waals surface area contributed by atoms with E-state index in [1.807, 2.05) is 12.3 Å². The molecular weight excluding hydrogens is 262 g/mol. The minimum Gasteiger partial charge on any atom is -0.476 e. The number of piperidine rings is 1. The number of rotatable bonds is 8. The van der Waals surface area contributed by atoms with Gasteiger partial charge in [0.25, 0.3) is 0 Å². The van der Waals surface area contributed by atoms with Crippen molar-refractivity contribution in [3.8, 4) is 5.88 Å². The van der Waals surface area contributed by atoms with E-state index in [1.165, 1.54) is 32.4 Å². The lowest BCUT2D eigenvalue weighted by Gasteiger charge is -2.26. The van der Waals surface area contributed by atoms with Crippen LogP contribution in [0.2, 0.25) is 0 Å². The lowest BCUT2D eigenvalue weighted by atomic mass is 10.1. The van der Waals surface area contributed by atoms with Gasteiger partial charge in [0.15, 0.2) is 0 Å². The number of nitrogens with zero attached hydrogens (tertiary/aromatic N) is 2. The molecule has 0 amide bonds. The van der Waals surface area contributed by atoms with Gasteiger partial charge in [-0.3, -0.25) is 4.90 Å². The van der Waals surface area contributed by atoms with Crippen molar-refractivity contribution in [3.05, 3.63) is 23.9 Å². The molecule has 4 nitrogen and oxygen atoms in total. The first-order chi connectivity index (χ1) is 10.3. The van der Waals surface area contributed by atoms with Gasteiger partial charge in [0.05, 0.1) is 0 Å². The number of pyridine rings is 1. The van der Waals surface area contributed by atoms with Gasteiger partial charge in [-0.15, -0.1) is 0 Å². The van der Waals surface area contributed by atoms with Crippen LogP contribution < -0.4 is 10.1 Å². The number of hydrogen-bond acceptors (Lipinski definition) is 4. The molecule has 1 fully saturated rings. The monoisotopic (exact) mass is 291 g/mol. The highest BCUT2D eigenvalue weighted by Crippen LogP contribution is 2.14. The van der Waals surface area contributed by atoms with Gasteiger partial charge in [0, 0.05) is 24.8 Å². The van der Waals surface area contributed by atoms with Gasteiger partial charge >= 0.3 is 0 Å². The van der Waals surface area contributed by atoms with Gasteiger partial charge in [0.1, 0.15) is 6.61 Å². The quantitative estimate of drug-likeness (QED) is 0.799. The number of hydrogen-bond donors (Lipinski definition) is 1. The second-order valence-corrected chi connectivity index (χ2v) is 6.24. The normalized spacial score (nSPS) is 16.3. The number of ether oxygens (including phenoxy) is 1. The van der Waals surface area contributed by atoms with Crippen molar-refractivity contribution in [2.75, 3.05) is 32.8 Å². The standard InChI is InChI=1S/C17H29N3O/c1-15(2)13-18-14-16-7-6-8-19-17(16)21-12-11-20-9-4-3-5-10-20/h6-8,15,18H,3-5,9-14H2,1-2H3. The third-order valence-electron chi connectivity index (χ3n) is 3.81. The van der Waals surface area contributed by atoms with E-state index in [1.54, 1.807) is 0 Å². The van der Waals surface area contributed by atoms with Crippen molar-refractivity contribution in [1.29, 1.82) is 0 Å².